The maximum atomic E-state index is 12.5. The third-order valence-corrected chi connectivity index (χ3v) is 5.03. The largest absolute Gasteiger partial charge is 0.361 e. The lowest BCUT2D eigenvalue weighted by molar-refractivity contribution is 0.680. The highest BCUT2D eigenvalue weighted by molar-refractivity contribution is 8.02. The molecule has 0 saturated carbocycles. The number of hydrogen-bond donors (Lipinski definition) is 0. The predicted octanol–water partition coefficient (Wildman–Crippen LogP) is 2.06. The Bertz CT molecular complexity index is 881. The van der Waals surface area contributed by atoms with Gasteiger partial charge in [-0.25, -0.2) is 4.79 Å². The fourth-order valence-corrected chi connectivity index (χ4v) is 3.62. The summed E-state index contributed by atoms with van der Waals surface area (Å²) in [5.41, 5.74) is 1.86. The highest BCUT2D eigenvalue weighted by Crippen LogP contribution is 2.34. The lowest BCUT2D eigenvalue weighted by atomic mass is 10.2. The Balaban J connectivity index is 2.11. The van der Waals surface area contributed by atoms with Crippen LogP contribution in [0.15, 0.2) is 50.2 Å². The second-order valence-electron chi connectivity index (χ2n) is 5.49. The number of fused-ring (bicyclic) bond motifs is 1. The molecule has 23 heavy (non-hydrogen) atoms. The Kier molecular flexibility index (Phi) is 4.17. The van der Waals surface area contributed by atoms with Crippen LogP contribution >= 0.6 is 11.8 Å². The number of rotatable bonds is 3. The molecule has 2 aromatic rings. The van der Waals surface area contributed by atoms with Crippen LogP contribution in [0.5, 0.6) is 0 Å². The van der Waals surface area contributed by atoms with Crippen molar-refractivity contribution in [1.29, 1.82) is 0 Å². The molecule has 5 nitrogen and oxygen atoms in total. The lowest BCUT2D eigenvalue weighted by Gasteiger charge is -2.16. The summed E-state index contributed by atoms with van der Waals surface area (Å²) in [5, 5.41) is 2.04. The summed E-state index contributed by atoms with van der Waals surface area (Å²) in [6.45, 7) is 3.40. The molecule has 0 amide bonds. The molecule has 0 aliphatic carbocycles. The lowest BCUT2D eigenvalue weighted by Crippen LogP contribution is -2.40. The van der Waals surface area contributed by atoms with Crippen molar-refractivity contribution in [3.63, 3.8) is 0 Å². The minimum Gasteiger partial charge on any atom is -0.361 e. The Morgan fingerprint density at radius 2 is 1.83 bits per heavy atom. The highest BCUT2D eigenvalue weighted by atomic mass is 32.2. The zero-order valence-electron chi connectivity index (χ0n) is 13.4. The quantitative estimate of drug-likeness (QED) is 0.809. The zero-order chi connectivity index (χ0) is 16.6. The molecule has 1 aromatic carbocycles. The van der Waals surface area contributed by atoms with Gasteiger partial charge in [0.1, 0.15) is 5.69 Å². The molecule has 1 aliphatic rings. The maximum absolute atomic E-state index is 12.5. The van der Waals surface area contributed by atoms with Crippen LogP contribution in [0.4, 0.5) is 5.69 Å². The fourth-order valence-electron chi connectivity index (χ4n) is 2.84. The van der Waals surface area contributed by atoms with E-state index < -0.39 is 0 Å². The van der Waals surface area contributed by atoms with Gasteiger partial charge in [0.25, 0.3) is 5.56 Å². The predicted molar refractivity (Wildman–Crippen MR) is 95.1 cm³/mol. The van der Waals surface area contributed by atoms with Crippen molar-refractivity contribution in [2.75, 3.05) is 18.0 Å². The smallest absolute Gasteiger partial charge is 0.331 e. The van der Waals surface area contributed by atoms with E-state index in [-0.39, 0.29) is 11.2 Å². The molecule has 3 rings (SSSR count). The van der Waals surface area contributed by atoms with Crippen LogP contribution in [0.1, 0.15) is 12.6 Å². The normalized spacial score (nSPS) is 15.3. The Morgan fingerprint density at radius 3 is 2.48 bits per heavy atom. The van der Waals surface area contributed by atoms with Crippen LogP contribution in [0.25, 0.3) is 5.57 Å². The van der Waals surface area contributed by atoms with Crippen molar-refractivity contribution in [1.82, 2.24) is 9.13 Å². The molecule has 6 heteroatoms. The summed E-state index contributed by atoms with van der Waals surface area (Å²) in [5.74, 6) is 0. The van der Waals surface area contributed by atoms with Gasteiger partial charge in [-0.2, -0.15) is 0 Å². The van der Waals surface area contributed by atoms with E-state index in [4.69, 9.17) is 0 Å². The van der Waals surface area contributed by atoms with Gasteiger partial charge in [-0.3, -0.25) is 13.9 Å². The Labute approximate surface area is 138 Å². The van der Waals surface area contributed by atoms with E-state index in [0.29, 0.717) is 12.2 Å². The number of benzene rings is 1. The van der Waals surface area contributed by atoms with E-state index in [9.17, 15) is 9.59 Å². The first-order valence-electron chi connectivity index (χ1n) is 7.50. The topological polar surface area (TPSA) is 47.2 Å². The van der Waals surface area contributed by atoms with Crippen molar-refractivity contribution in [2.45, 2.75) is 11.8 Å². The van der Waals surface area contributed by atoms with Gasteiger partial charge in [0, 0.05) is 37.7 Å². The molecule has 0 fully saturated rings. The zero-order valence-corrected chi connectivity index (χ0v) is 14.3. The van der Waals surface area contributed by atoms with Gasteiger partial charge in [0.15, 0.2) is 0 Å². The number of nitrogens with zero attached hydrogens (tertiary/aromatic N) is 3. The first kappa shape index (κ1) is 15.7. The van der Waals surface area contributed by atoms with Gasteiger partial charge >= 0.3 is 5.69 Å². The second kappa shape index (κ2) is 6.12. The monoisotopic (exact) mass is 329 g/mol. The summed E-state index contributed by atoms with van der Waals surface area (Å²) < 4.78 is 2.75. The third-order valence-electron chi connectivity index (χ3n) is 4.08. The first-order chi connectivity index (χ1) is 11.0. The van der Waals surface area contributed by atoms with E-state index in [0.717, 1.165) is 22.7 Å². The van der Waals surface area contributed by atoms with Crippen molar-refractivity contribution in [2.24, 2.45) is 14.1 Å². The summed E-state index contributed by atoms with van der Waals surface area (Å²) in [6, 6.07) is 10.0. The molecule has 0 saturated heterocycles. The molecule has 0 spiro atoms. The molecule has 0 unspecified atom stereocenters. The molecule has 0 bridgehead atoms. The Morgan fingerprint density at radius 1 is 1.13 bits per heavy atom. The van der Waals surface area contributed by atoms with Crippen LogP contribution in [0.2, 0.25) is 0 Å². The van der Waals surface area contributed by atoms with Gasteiger partial charge in [-0.1, -0.05) is 30.0 Å². The number of anilines is 1. The van der Waals surface area contributed by atoms with Gasteiger partial charge in [0.2, 0.25) is 0 Å². The first-order valence-corrected chi connectivity index (χ1v) is 8.38. The number of likely N-dealkylation sites (N-methyl/N-ethyl adjacent to an activating group) is 1. The fraction of sp³-hybridized carbons (Fsp3) is 0.294. The second-order valence-corrected chi connectivity index (χ2v) is 6.43. The van der Waals surface area contributed by atoms with E-state index in [2.05, 4.69) is 0 Å². The third kappa shape index (κ3) is 2.63. The van der Waals surface area contributed by atoms with Gasteiger partial charge < -0.3 is 4.90 Å². The number of hydrogen-bond acceptors (Lipinski definition) is 4. The molecular weight excluding hydrogens is 310 g/mol. The molecule has 0 radical (unpaired) electrons. The molecule has 0 atom stereocenters. The van der Waals surface area contributed by atoms with Gasteiger partial charge in [-0.15, -0.1) is 0 Å². The average molecular weight is 329 g/mol. The molecule has 1 aliphatic heterocycles. The van der Waals surface area contributed by atoms with Gasteiger partial charge in [-0.05, 0) is 24.5 Å². The number of aromatic nitrogens is 2. The summed E-state index contributed by atoms with van der Waals surface area (Å²) in [7, 11) is 3.25. The summed E-state index contributed by atoms with van der Waals surface area (Å²) >= 11 is 1.61. The van der Waals surface area contributed by atoms with Crippen LogP contribution in [0.3, 0.4) is 0 Å². The van der Waals surface area contributed by atoms with E-state index in [1.807, 2.05) is 47.6 Å². The molecular formula is C17H19N3O2S. The van der Waals surface area contributed by atoms with Crippen molar-refractivity contribution < 1.29 is 0 Å². The SMILES string of the molecule is CCN1C/C(=C\Sc2ccccc2)c2c1c(=O)n(C)c(=O)n2C. The van der Waals surface area contributed by atoms with E-state index in [1.165, 1.54) is 11.6 Å². The molecule has 2 heterocycles. The summed E-state index contributed by atoms with van der Waals surface area (Å²) in [4.78, 5) is 27.9. The molecule has 1 aromatic heterocycles. The van der Waals surface area contributed by atoms with E-state index >= 15 is 0 Å². The van der Waals surface area contributed by atoms with Crippen LogP contribution in [-0.2, 0) is 14.1 Å². The van der Waals surface area contributed by atoms with Gasteiger partial charge in [0.05, 0.1) is 5.69 Å². The van der Waals surface area contributed by atoms with Crippen LogP contribution < -0.4 is 16.1 Å². The Hall–Kier alpha value is -2.21. The molecule has 120 valence electrons. The van der Waals surface area contributed by atoms with E-state index in [1.54, 1.807) is 23.4 Å². The van der Waals surface area contributed by atoms with Crippen LogP contribution in [-0.4, -0.2) is 22.2 Å². The standard InChI is InChI=1S/C17H19N3O2S/c1-4-20-10-12(11-23-13-8-6-5-7-9-13)14-15(20)16(21)19(3)17(22)18(14)2/h5-9,11H,4,10H2,1-3H3/b12-11+. The number of thioether (sulfide) groups is 1. The van der Waals surface area contributed by atoms with Crippen molar-refractivity contribution in [3.05, 3.63) is 62.3 Å². The average Bonchev–Trinajstić information content (AvgIpc) is 2.96. The minimum absolute atomic E-state index is 0.224. The summed E-state index contributed by atoms with van der Waals surface area (Å²) in [6.07, 6.45) is 0. The van der Waals surface area contributed by atoms with Crippen molar-refractivity contribution in [3.8, 4) is 0 Å². The highest BCUT2D eigenvalue weighted by Gasteiger charge is 2.29. The molecule has 0 N–H and O–H groups in total. The van der Waals surface area contributed by atoms with Crippen molar-refractivity contribution >= 4 is 23.0 Å². The maximum Gasteiger partial charge on any atom is 0.331 e. The van der Waals surface area contributed by atoms with Crippen LogP contribution in [0, 0.1) is 0 Å². The minimum atomic E-state index is -0.290.